The van der Waals surface area contributed by atoms with Crippen molar-refractivity contribution in [1.82, 2.24) is 14.5 Å². The van der Waals surface area contributed by atoms with Gasteiger partial charge in [-0.15, -0.1) is 0 Å². The molecule has 0 atom stereocenters. The first-order valence-corrected chi connectivity index (χ1v) is 11.4. The highest BCUT2D eigenvalue weighted by Crippen LogP contribution is 2.34. The normalized spacial score (nSPS) is 10.9. The number of anilines is 3. The van der Waals surface area contributed by atoms with Crippen molar-refractivity contribution in [2.45, 2.75) is 19.9 Å². The largest absolute Gasteiger partial charge is 0.492 e. The molecule has 0 spiro atoms. The van der Waals surface area contributed by atoms with Crippen LogP contribution in [0.1, 0.15) is 12.7 Å². The number of hydrogen-bond acceptors (Lipinski definition) is 8. The van der Waals surface area contributed by atoms with E-state index in [0.717, 1.165) is 0 Å². The van der Waals surface area contributed by atoms with Crippen LogP contribution in [0.4, 0.5) is 21.6 Å². The molecule has 186 valence electrons. The fourth-order valence-corrected chi connectivity index (χ4v) is 3.78. The van der Waals surface area contributed by atoms with Gasteiger partial charge in [0.25, 0.3) is 4.84 Å². The minimum atomic E-state index is -1.08. The molecule has 2 aromatic carbocycles. The third kappa shape index (κ3) is 5.78. The van der Waals surface area contributed by atoms with E-state index in [-0.39, 0.29) is 28.6 Å². The summed E-state index contributed by atoms with van der Waals surface area (Å²) in [4.78, 5) is 32.2. The first kappa shape index (κ1) is 25.1. The van der Waals surface area contributed by atoms with Gasteiger partial charge >= 0.3 is 5.97 Å². The van der Waals surface area contributed by atoms with Gasteiger partial charge < -0.3 is 24.9 Å². The second-order valence-corrected chi connectivity index (χ2v) is 8.24. The van der Waals surface area contributed by atoms with E-state index in [0.29, 0.717) is 40.5 Å². The van der Waals surface area contributed by atoms with Crippen molar-refractivity contribution in [3.8, 4) is 5.75 Å². The summed E-state index contributed by atoms with van der Waals surface area (Å²) < 4.78 is 25.8. The second-order valence-electron chi connectivity index (χ2n) is 7.48. The van der Waals surface area contributed by atoms with E-state index in [1.165, 1.54) is 35.3 Å². The fraction of sp³-hybridized carbons (Fsp3) is 0.174. The number of carboxylic acid groups (broad SMARTS) is 1. The number of fused-ring (bicyclic) bond motifs is 1. The first-order valence-electron chi connectivity index (χ1n) is 10.6. The third-order valence-corrected chi connectivity index (χ3v) is 5.49. The Bertz CT molecular complexity index is 1520. The molecule has 0 fully saturated rings. The number of halogens is 2. The molecule has 0 bridgehead atoms. The van der Waals surface area contributed by atoms with E-state index in [1.54, 1.807) is 19.1 Å². The number of benzene rings is 2. The molecule has 0 saturated carbocycles. The number of carbonyl (C=O) groups excluding carboxylic acids is 1. The number of hydrogen-bond donors (Lipinski definition) is 3. The Balaban J connectivity index is 1.63. The molecule has 0 aliphatic carbocycles. The smallest absolute Gasteiger partial charge is 0.311 e. The van der Waals surface area contributed by atoms with Crippen LogP contribution < -0.4 is 15.4 Å². The number of aromatic nitrogens is 3. The van der Waals surface area contributed by atoms with Crippen molar-refractivity contribution in [1.29, 1.82) is 0 Å². The van der Waals surface area contributed by atoms with Gasteiger partial charge in [0.2, 0.25) is 5.91 Å². The van der Waals surface area contributed by atoms with E-state index in [9.17, 15) is 14.0 Å². The van der Waals surface area contributed by atoms with Gasteiger partial charge in [0.15, 0.2) is 0 Å². The maximum absolute atomic E-state index is 13.5. The van der Waals surface area contributed by atoms with E-state index < -0.39 is 17.7 Å². The molecule has 2 aromatic heterocycles. The Morgan fingerprint density at radius 1 is 1.28 bits per heavy atom. The number of nitrogens with zero attached hydrogens (tertiary/aromatic N) is 3. The summed E-state index contributed by atoms with van der Waals surface area (Å²) in [5, 5.41) is 15.3. The van der Waals surface area contributed by atoms with Crippen molar-refractivity contribution >= 4 is 63.8 Å². The Labute approximate surface area is 213 Å². The number of carbonyl (C=O) groups is 2. The summed E-state index contributed by atoms with van der Waals surface area (Å²) in [6.07, 6.45) is 2.38. The highest BCUT2D eigenvalue weighted by molar-refractivity contribution is 7.71. The quantitative estimate of drug-likeness (QED) is 0.256. The van der Waals surface area contributed by atoms with Crippen molar-refractivity contribution in [2.24, 2.45) is 0 Å². The van der Waals surface area contributed by atoms with Crippen molar-refractivity contribution in [3.05, 3.63) is 64.3 Å². The summed E-state index contributed by atoms with van der Waals surface area (Å²) in [5.74, 6) is -1.16. The highest BCUT2D eigenvalue weighted by atomic mass is 35.5. The van der Waals surface area contributed by atoms with Gasteiger partial charge in [-0.3, -0.25) is 14.2 Å². The zero-order chi connectivity index (χ0) is 25.8. The third-order valence-electron chi connectivity index (χ3n) is 4.89. The Morgan fingerprint density at radius 2 is 2.08 bits per heavy atom. The van der Waals surface area contributed by atoms with Crippen molar-refractivity contribution < 1.29 is 28.2 Å². The van der Waals surface area contributed by atoms with Crippen LogP contribution in [0.15, 0.2) is 47.3 Å². The van der Waals surface area contributed by atoms with Crippen LogP contribution in [0.2, 0.25) is 5.02 Å². The molecule has 36 heavy (non-hydrogen) atoms. The molecule has 2 heterocycles. The van der Waals surface area contributed by atoms with Gasteiger partial charge in [-0.25, -0.2) is 14.4 Å². The number of rotatable bonds is 9. The molecule has 0 saturated heterocycles. The number of nitrogens with one attached hydrogen (secondary N) is 2. The molecule has 10 nitrogen and oxygen atoms in total. The minimum absolute atomic E-state index is 0.0252. The van der Waals surface area contributed by atoms with Crippen molar-refractivity contribution in [2.75, 3.05) is 17.2 Å². The number of oxazole rings is 1. The maximum Gasteiger partial charge on any atom is 0.311 e. The number of ether oxygens (including phenoxy) is 1. The summed E-state index contributed by atoms with van der Waals surface area (Å²) >= 11 is 11.0. The Kier molecular flexibility index (Phi) is 7.46. The lowest BCUT2D eigenvalue weighted by molar-refractivity contribution is -0.136. The van der Waals surface area contributed by atoms with Gasteiger partial charge in [0.05, 0.1) is 22.8 Å². The zero-order valence-electron chi connectivity index (χ0n) is 18.7. The Morgan fingerprint density at radius 3 is 2.81 bits per heavy atom. The topological polar surface area (TPSA) is 132 Å². The molecule has 4 aromatic rings. The van der Waals surface area contributed by atoms with Gasteiger partial charge in [-0.05, 0) is 43.4 Å². The predicted molar refractivity (Wildman–Crippen MR) is 133 cm³/mol. The van der Waals surface area contributed by atoms with Crippen LogP contribution >= 0.6 is 23.8 Å². The van der Waals surface area contributed by atoms with E-state index in [2.05, 4.69) is 20.6 Å². The molecule has 0 aliphatic rings. The van der Waals surface area contributed by atoms with Crippen LogP contribution in [0, 0.1) is 10.7 Å². The minimum Gasteiger partial charge on any atom is -0.492 e. The van der Waals surface area contributed by atoms with Gasteiger partial charge in [-0.1, -0.05) is 11.6 Å². The molecule has 0 aliphatic heterocycles. The van der Waals surface area contributed by atoms with Crippen LogP contribution in [0.25, 0.3) is 10.9 Å². The number of carboxylic acids is 1. The SMILES string of the molecule is CCOc1cc2ncnc(Nc3ccc(F)c(Cl)c3)c2cc1NC(=O)Cn1cc(CC(=O)O)oc1=S. The molecule has 4 rings (SSSR count). The van der Waals surface area contributed by atoms with Crippen LogP contribution in [0.5, 0.6) is 5.75 Å². The molecule has 0 unspecified atom stereocenters. The van der Waals surface area contributed by atoms with Gasteiger partial charge in [0, 0.05) is 23.3 Å². The Hall–Kier alpha value is -4.03. The van der Waals surface area contributed by atoms with Gasteiger partial charge in [0.1, 0.15) is 42.4 Å². The monoisotopic (exact) mass is 531 g/mol. The molecule has 3 N–H and O–H groups in total. The molecule has 0 radical (unpaired) electrons. The van der Waals surface area contributed by atoms with Crippen LogP contribution in [-0.4, -0.2) is 38.1 Å². The number of amides is 1. The summed E-state index contributed by atoms with van der Waals surface area (Å²) in [5.41, 5.74) is 1.40. The number of aliphatic carboxylic acids is 1. The predicted octanol–water partition coefficient (Wildman–Crippen LogP) is 4.95. The average molecular weight is 532 g/mol. The average Bonchev–Trinajstić information content (AvgIpc) is 3.14. The van der Waals surface area contributed by atoms with Crippen LogP contribution in [0.3, 0.4) is 0 Å². The lowest BCUT2D eigenvalue weighted by atomic mass is 10.1. The first-order chi connectivity index (χ1) is 17.2. The summed E-state index contributed by atoms with van der Waals surface area (Å²) in [6.45, 7) is 1.93. The van der Waals surface area contributed by atoms with Crippen LogP contribution in [-0.2, 0) is 22.6 Å². The molecular formula is C23H19ClFN5O5S. The lowest BCUT2D eigenvalue weighted by Crippen LogP contribution is -2.19. The molecule has 1 amide bonds. The second kappa shape index (κ2) is 10.7. The van der Waals surface area contributed by atoms with Gasteiger partial charge in [-0.2, -0.15) is 0 Å². The molecular weight excluding hydrogens is 513 g/mol. The lowest BCUT2D eigenvalue weighted by Gasteiger charge is -2.15. The van der Waals surface area contributed by atoms with Crippen molar-refractivity contribution in [3.63, 3.8) is 0 Å². The fourth-order valence-electron chi connectivity index (χ4n) is 3.38. The van der Waals surface area contributed by atoms with E-state index in [1.807, 2.05) is 0 Å². The van der Waals surface area contributed by atoms with E-state index in [4.69, 9.17) is 38.1 Å². The summed E-state index contributed by atoms with van der Waals surface area (Å²) in [6, 6.07) is 7.48. The summed E-state index contributed by atoms with van der Waals surface area (Å²) in [7, 11) is 0. The maximum atomic E-state index is 13.5. The molecule has 13 heteroatoms. The zero-order valence-corrected chi connectivity index (χ0v) is 20.3. The standard InChI is InChI=1S/C23H19ClFN5O5S/c1-2-34-19-8-17-14(22(27-11-26-17)28-12-3-4-16(25)15(24)5-12)7-18(19)29-20(31)10-30-9-13(6-21(32)33)35-23(30)36/h3-5,7-9,11H,2,6,10H2,1H3,(H,29,31)(H,32,33)(H,26,27,28). The highest BCUT2D eigenvalue weighted by Gasteiger charge is 2.16. The van der Waals surface area contributed by atoms with E-state index >= 15 is 0 Å².